The van der Waals surface area contributed by atoms with E-state index in [1.807, 2.05) is 0 Å². The van der Waals surface area contributed by atoms with E-state index < -0.39 is 11.6 Å². The van der Waals surface area contributed by atoms with Gasteiger partial charge in [0.15, 0.2) is 23.3 Å². The molecule has 6 aromatic rings. The van der Waals surface area contributed by atoms with Crippen LogP contribution in [-0.4, -0.2) is 63.9 Å². The summed E-state index contributed by atoms with van der Waals surface area (Å²) in [5, 5.41) is 14.9. The number of hydrogen-bond donors (Lipinski definition) is 3. The van der Waals surface area contributed by atoms with Crippen LogP contribution in [0.1, 0.15) is 25.7 Å². The normalized spacial score (nSPS) is 13.3. The van der Waals surface area contributed by atoms with E-state index in [-0.39, 0.29) is 46.5 Å². The van der Waals surface area contributed by atoms with Crippen LogP contribution >= 0.6 is 0 Å². The number of nitrogens with zero attached hydrogens (tertiary/aromatic N) is 8. The molecule has 0 atom stereocenters. The molecule has 0 spiro atoms. The molecule has 16 heteroatoms. The Morgan fingerprint density at radius 3 is 1.68 bits per heavy atom. The third-order valence-corrected chi connectivity index (χ3v) is 8.24. The zero-order valence-corrected chi connectivity index (χ0v) is 28.1. The molecule has 14 nitrogen and oxygen atoms in total. The number of pyridine rings is 4. The maximum Gasteiger partial charge on any atom is 0.228 e. The van der Waals surface area contributed by atoms with Gasteiger partial charge < -0.3 is 20.5 Å². The molecule has 0 radical (unpaired) electrons. The van der Waals surface area contributed by atoms with Gasteiger partial charge in [0, 0.05) is 64.9 Å². The Balaban J connectivity index is 0.000000164. The highest BCUT2D eigenvalue weighted by Crippen LogP contribution is 2.35. The third kappa shape index (κ3) is 8.22. The van der Waals surface area contributed by atoms with Crippen LogP contribution in [0.3, 0.4) is 0 Å². The molecule has 0 saturated heterocycles. The summed E-state index contributed by atoms with van der Waals surface area (Å²) in [4.78, 5) is 57.1. The van der Waals surface area contributed by atoms with E-state index in [2.05, 4.69) is 50.5 Å². The van der Waals surface area contributed by atoms with Crippen molar-refractivity contribution < 1.29 is 28.2 Å². The maximum absolute atomic E-state index is 14.3. The zero-order valence-electron chi connectivity index (χ0n) is 28.1. The molecular weight excluding hydrogens is 686 g/mol. The summed E-state index contributed by atoms with van der Waals surface area (Å²) in [5.74, 6) is -0.202. The van der Waals surface area contributed by atoms with E-state index in [0.717, 1.165) is 38.1 Å². The number of anilines is 2. The van der Waals surface area contributed by atoms with Crippen LogP contribution in [-0.2, 0) is 9.59 Å². The number of aromatic hydroxyl groups is 1. The molecule has 6 aromatic heterocycles. The average Bonchev–Trinajstić information content (AvgIpc) is 4.10. The molecule has 2 amide bonds. The number of carbonyl (C=O) groups excluding carboxylic acids is 2. The van der Waals surface area contributed by atoms with Crippen LogP contribution in [0, 0.1) is 23.5 Å². The summed E-state index contributed by atoms with van der Waals surface area (Å²) in [5.41, 5.74) is 2.97. The summed E-state index contributed by atoms with van der Waals surface area (Å²) in [6.45, 7) is 0. The fraction of sp³-hybridized carbons (Fsp3) is 0.189. The van der Waals surface area contributed by atoms with Gasteiger partial charge in [-0.3, -0.25) is 24.5 Å². The summed E-state index contributed by atoms with van der Waals surface area (Å²) < 4.78 is 33.7. The Morgan fingerprint density at radius 2 is 1.21 bits per heavy atom. The molecule has 2 fully saturated rings. The summed E-state index contributed by atoms with van der Waals surface area (Å²) in [6, 6.07) is 7.75. The van der Waals surface area contributed by atoms with Crippen LogP contribution in [0.2, 0.25) is 0 Å². The molecule has 0 unspecified atom stereocenters. The first-order chi connectivity index (χ1) is 25.8. The number of rotatable bonds is 9. The second kappa shape index (κ2) is 15.2. The number of hydrogen-bond acceptors (Lipinski definition) is 12. The fourth-order valence-electron chi connectivity index (χ4n) is 5.16. The lowest BCUT2D eigenvalue weighted by Gasteiger charge is -2.12. The lowest BCUT2D eigenvalue weighted by Crippen LogP contribution is -2.15. The molecule has 8 rings (SSSR count). The second-order valence-electron chi connectivity index (χ2n) is 12.2. The van der Waals surface area contributed by atoms with Crippen LogP contribution in [0.5, 0.6) is 11.6 Å². The van der Waals surface area contributed by atoms with Crippen LogP contribution in [0.4, 0.5) is 20.4 Å². The van der Waals surface area contributed by atoms with Gasteiger partial charge in [-0.25, -0.2) is 33.7 Å². The van der Waals surface area contributed by atoms with Gasteiger partial charge in [0.1, 0.15) is 17.1 Å². The maximum atomic E-state index is 14.3. The lowest BCUT2D eigenvalue weighted by atomic mass is 10.1. The lowest BCUT2D eigenvalue weighted by molar-refractivity contribution is -0.118. The van der Waals surface area contributed by atoms with Crippen molar-refractivity contribution in [3.05, 3.63) is 97.7 Å². The van der Waals surface area contributed by atoms with Gasteiger partial charge >= 0.3 is 0 Å². The van der Waals surface area contributed by atoms with E-state index in [1.165, 1.54) is 56.3 Å². The van der Waals surface area contributed by atoms with E-state index >= 15 is 0 Å². The Kier molecular flexibility index (Phi) is 9.91. The second-order valence-corrected chi connectivity index (χ2v) is 12.2. The first kappa shape index (κ1) is 34.6. The number of ether oxygens (including phenoxy) is 1. The van der Waals surface area contributed by atoms with Crippen molar-refractivity contribution in [3.63, 3.8) is 0 Å². The Bertz CT molecular complexity index is 2300. The topological polar surface area (TPSA) is 191 Å². The van der Waals surface area contributed by atoms with Gasteiger partial charge in [0.05, 0.1) is 49.5 Å². The fourth-order valence-corrected chi connectivity index (χ4v) is 5.16. The monoisotopic (exact) mass is 716 g/mol. The summed E-state index contributed by atoms with van der Waals surface area (Å²) >= 11 is 0. The van der Waals surface area contributed by atoms with E-state index in [4.69, 9.17) is 4.74 Å². The molecular formula is C37H30F2N10O4. The van der Waals surface area contributed by atoms with E-state index in [1.54, 1.807) is 24.5 Å². The minimum absolute atomic E-state index is 0.0212. The first-order valence-corrected chi connectivity index (χ1v) is 16.5. The van der Waals surface area contributed by atoms with Crippen LogP contribution < -0.4 is 15.4 Å². The van der Waals surface area contributed by atoms with Crippen LogP contribution in [0.25, 0.3) is 45.0 Å². The largest absolute Gasteiger partial charge is 0.495 e. The van der Waals surface area contributed by atoms with Crippen molar-refractivity contribution >= 4 is 23.5 Å². The zero-order chi connectivity index (χ0) is 36.9. The molecule has 2 saturated carbocycles. The molecule has 0 aromatic carbocycles. The smallest absolute Gasteiger partial charge is 0.228 e. The van der Waals surface area contributed by atoms with E-state index in [9.17, 15) is 23.5 Å². The standard InChI is InChI=1S/C19H16FN5O2.C18H14FN5O2/c1-27-13-6-12(7-22-8-13)17-18(14-4-5-21-9-15(14)20)23-10-16(24-17)25-19(26)11-2-3-11;19-13-8-20-6-5-12(13)17-16(11-3-4-15(25)21-7-11)23-14(9-22-17)24-18(26)10-1-2-10/h4-11H,2-3H2,1H3,(H,24,25,26);3-10H,1-2H2,(H,21,25)(H,23,24,26). The molecule has 2 aliphatic carbocycles. The highest BCUT2D eigenvalue weighted by atomic mass is 19.1. The molecule has 6 heterocycles. The van der Waals surface area contributed by atoms with Crippen molar-refractivity contribution in [2.24, 2.45) is 11.8 Å². The van der Waals surface area contributed by atoms with Crippen LogP contribution in [0.15, 0.2) is 86.1 Å². The predicted octanol–water partition coefficient (Wildman–Crippen LogP) is 5.89. The Hall–Kier alpha value is -6.84. The molecule has 0 bridgehead atoms. The van der Waals surface area contributed by atoms with Crippen molar-refractivity contribution in [2.45, 2.75) is 25.7 Å². The summed E-state index contributed by atoms with van der Waals surface area (Å²) in [7, 11) is 1.53. The molecule has 53 heavy (non-hydrogen) atoms. The van der Waals surface area contributed by atoms with Gasteiger partial charge in [-0.15, -0.1) is 0 Å². The number of halogens is 2. The number of amides is 2. The minimum atomic E-state index is -0.537. The highest BCUT2D eigenvalue weighted by molar-refractivity contribution is 5.94. The molecule has 2 aliphatic rings. The van der Waals surface area contributed by atoms with Gasteiger partial charge in [-0.05, 0) is 49.9 Å². The number of aromatic nitrogens is 8. The van der Waals surface area contributed by atoms with E-state index in [0.29, 0.717) is 45.5 Å². The first-order valence-electron chi connectivity index (χ1n) is 16.5. The van der Waals surface area contributed by atoms with Gasteiger partial charge in [-0.1, -0.05) is 0 Å². The molecule has 3 N–H and O–H groups in total. The van der Waals surface area contributed by atoms with Gasteiger partial charge in [0.25, 0.3) is 0 Å². The molecule has 266 valence electrons. The summed E-state index contributed by atoms with van der Waals surface area (Å²) in [6.07, 6.45) is 16.0. The minimum Gasteiger partial charge on any atom is -0.495 e. The van der Waals surface area contributed by atoms with Crippen molar-refractivity contribution in [1.29, 1.82) is 0 Å². The average molecular weight is 717 g/mol. The van der Waals surface area contributed by atoms with Gasteiger partial charge in [0.2, 0.25) is 17.7 Å². The Labute approximate surface area is 300 Å². The number of carbonyl (C=O) groups is 2. The number of methoxy groups -OCH3 is 1. The SMILES string of the molecule is COc1cncc(-c2nc(NC(=O)C3CC3)cnc2-c2ccncc2F)c1.O=C(Nc1cnc(-c2ccncc2F)c(-c2ccc(O)nc2)n1)C1CC1. The van der Waals surface area contributed by atoms with Crippen molar-refractivity contribution in [3.8, 4) is 56.7 Å². The molecule has 0 aliphatic heterocycles. The highest BCUT2D eigenvalue weighted by Gasteiger charge is 2.31. The quantitative estimate of drug-likeness (QED) is 0.161. The van der Waals surface area contributed by atoms with Gasteiger partial charge in [-0.2, -0.15) is 0 Å². The van der Waals surface area contributed by atoms with Crippen molar-refractivity contribution in [2.75, 3.05) is 17.7 Å². The van der Waals surface area contributed by atoms with Crippen molar-refractivity contribution in [1.82, 2.24) is 39.9 Å². The predicted molar refractivity (Wildman–Crippen MR) is 188 cm³/mol. The third-order valence-electron chi connectivity index (χ3n) is 8.24. The number of nitrogens with one attached hydrogen (secondary N) is 2. The Morgan fingerprint density at radius 1 is 0.660 bits per heavy atom.